The molecule has 0 aliphatic heterocycles. The molecule has 2 aromatic rings. The number of halogens is 1. The van der Waals surface area contributed by atoms with Gasteiger partial charge in [0.15, 0.2) is 0 Å². The minimum Gasteiger partial charge on any atom is -0.320 e. The van der Waals surface area contributed by atoms with E-state index < -0.39 is 0 Å². The van der Waals surface area contributed by atoms with E-state index in [-0.39, 0.29) is 6.03 Å². The smallest absolute Gasteiger partial charge is 0.320 e. The summed E-state index contributed by atoms with van der Waals surface area (Å²) in [7, 11) is 0. The Morgan fingerprint density at radius 1 is 1.12 bits per heavy atom. The average Bonchev–Trinajstić information content (AvgIpc) is 2.63. The lowest BCUT2D eigenvalue weighted by Gasteiger charge is -2.28. The minimum atomic E-state index is -0.0827. The third kappa shape index (κ3) is 5.36. The molecule has 0 saturated heterocycles. The van der Waals surface area contributed by atoms with Crippen LogP contribution in [0.4, 0.5) is 10.5 Å². The first kappa shape index (κ1) is 17.6. The fourth-order valence-electron chi connectivity index (χ4n) is 3.13. The summed E-state index contributed by atoms with van der Waals surface area (Å²) in [4.78, 5) is 14.8. The topological polar surface area (TPSA) is 32.3 Å². The van der Waals surface area contributed by atoms with Crippen molar-refractivity contribution in [1.29, 1.82) is 0 Å². The summed E-state index contributed by atoms with van der Waals surface area (Å²) in [6, 6.07) is 17.3. The van der Waals surface area contributed by atoms with E-state index >= 15 is 0 Å². The largest absolute Gasteiger partial charge is 0.322 e. The third-order valence-electron chi connectivity index (χ3n) is 4.44. The number of hydrogen-bond acceptors (Lipinski definition) is 1. The summed E-state index contributed by atoms with van der Waals surface area (Å²) in [5.74, 6) is 0.513. The van der Waals surface area contributed by atoms with Gasteiger partial charge in [-0.25, -0.2) is 4.79 Å². The molecule has 3 rings (SSSR count). The van der Waals surface area contributed by atoms with E-state index in [9.17, 15) is 4.79 Å². The van der Waals surface area contributed by atoms with Gasteiger partial charge in [0, 0.05) is 23.8 Å². The highest BCUT2D eigenvalue weighted by Crippen LogP contribution is 2.21. The molecule has 1 unspecified atom stereocenters. The highest BCUT2D eigenvalue weighted by atomic mass is 35.5. The molecule has 2 aromatic carbocycles. The van der Waals surface area contributed by atoms with Crippen LogP contribution >= 0.6 is 11.6 Å². The van der Waals surface area contributed by atoms with Crippen LogP contribution in [0, 0.1) is 5.92 Å². The van der Waals surface area contributed by atoms with Crippen molar-refractivity contribution in [2.24, 2.45) is 5.92 Å². The number of amides is 2. The lowest BCUT2D eigenvalue weighted by Crippen LogP contribution is -2.38. The zero-order chi connectivity index (χ0) is 17.5. The van der Waals surface area contributed by atoms with Gasteiger partial charge in [-0.15, -0.1) is 0 Å². The molecule has 1 aliphatic carbocycles. The Hall–Kier alpha value is -2.26. The fourth-order valence-corrected chi connectivity index (χ4v) is 3.32. The molecule has 0 bridgehead atoms. The van der Waals surface area contributed by atoms with Crippen molar-refractivity contribution in [2.45, 2.75) is 25.8 Å². The quantitative estimate of drug-likeness (QED) is 0.683. The maximum atomic E-state index is 12.9. The number of rotatable bonds is 5. The van der Waals surface area contributed by atoms with Gasteiger partial charge in [0.25, 0.3) is 0 Å². The molecular weight excluding hydrogens is 332 g/mol. The molecule has 0 heterocycles. The van der Waals surface area contributed by atoms with Crippen LogP contribution in [0.15, 0.2) is 66.7 Å². The van der Waals surface area contributed by atoms with Gasteiger partial charge in [0.1, 0.15) is 0 Å². The summed E-state index contributed by atoms with van der Waals surface area (Å²) in [5, 5.41) is 3.59. The molecule has 0 radical (unpaired) electrons. The Morgan fingerprint density at radius 2 is 1.96 bits per heavy atom. The average molecular weight is 355 g/mol. The predicted octanol–water partition coefficient (Wildman–Crippen LogP) is 5.73. The first-order valence-corrected chi connectivity index (χ1v) is 9.09. The fraction of sp³-hybridized carbons (Fsp3) is 0.286. The lowest BCUT2D eigenvalue weighted by atomic mass is 9.94. The van der Waals surface area contributed by atoms with Gasteiger partial charge < -0.3 is 10.2 Å². The van der Waals surface area contributed by atoms with Gasteiger partial charge in [-0.05, 0) is 48.9 Å². The van der Waals surface area contributed by atoms with Crippen LogP contribution in [0.1, 0.15) is 24.8 Å². The van der Waals surface area contributed by atoms with Crippen LogP contribution in [0.25, 0.3) is 0 Å². The van der Waals surface area contributed by atoms with Crippen molar-refractivity contribution in [1.82, 2.24) is 4.90 Å². The van der Waals surface area contributed by atoms with Gasteiger partial charge >= 0.3 is 6.03 Å². The van der Waals surface area contributed by atoms with Crippen molar-refractivity contribution < 1.29 is 4.79 Å². The highest BCUT2D eigenvalue weighted by molar-refractivity contribution is 6.30. The number of carbonyl (C=O) groups excluding carboxylic acids is 1. The molecule has 1 N–H and O–H groups in total. The number of urea groups is 1. The zero-order valence-corrected chi connectivity index (χ0v) is 15.0. The first-order chi connectivity index (χ1) is 12.2. The summed E-state index contributed by atoms with van der Waals surface area (Å²) in [6.07, 6.45) is 7.72. The molecule has 130 valence electrons. The second-order valence-electron chi connectivity index (χ2n) is 6.46. The Labute approximate surface area is 154 Å². The van der Waals surface area contributed by atoms with E-state index in [0.717, 1.165) is 37.1 Å². The van der Waals surface area contributed by atoms with Gasteiger partial charge in [-0.3, -0.25) is 0 Å². The van der Waals surface area contributed by atoms with Crippen molar-refractivity contribution in [2.75, 3.05) is 11.9 Å². The normalized spacial score (nSPS) is 16.4. The number of benzene rings is 2. The van der Waals surface area contributed by atoms with E-state index in [2.05, 4.69) is 29.6 Å². The number of hydrogen-bond donors (Lipinski definition) is 1. The van der Waals surface area contributed by atoms with Crippen LogP contribution in [0.2, 0.25) is 5.02 Å². The maximum absolute atomic E-state index is 12.9. The van der Waals surface area contributed by atoms with Gasteiger partial charge in [-0.1, -0.05) is 60.2 Å². The third-order valence-corrected chi connectivity index (χ3v) is 4.67. The predicted molar refractivity (Wildman–Crippen MR) is 104 cm³/mol. The molecule has 0 saturated carbocycles. The molecule has 0 aromatic heterocycles. The number of allylic oxidation sites excluding steroid dienone is 2. The van der Waals surface area contributed by atoms with Gasteiger partial charge in [-0.2, -0.15) is 0 Å². The maximum Gasteiger partial charge on any atom is 0.322 e. The van der Waals surface area contributed by atoms with Crippen molar-refractivity contribution in [3.63, 3.8) is 0 Å². The second kappa shape index (κ2) is 8.72. The van der Waals surface area contributed by atoms with E-state index in [0.29, 0.717) is 17.5 Å². The number of carbonyl (C=O) groups is 1. The number of nitrogens with one attached hydrogen (secondary N) is 1. The summed E-state index contributed by atoms with van der Waals surface area (Å²) < 4.78 is 0. The standard InChI is InChI=1S/C21H23ClN2O/c22-19-12-7-13-20(14-19)23-21(25)24(15-17-8-3-1-4-9-17)16-18-10-5-2-6-11-18/h1-5,7-9,12-14,18H,6,10-11,15-16H2,(H,23,25). The van der Waals surface area contributed by atoms with E-state index in [1.807, 2.05) is 35.2 Å². The van der Waals surface area contributed by atoms with Crippen molar-refractivity contribution in [3.8, 4) is 0 Å². The summed E-state index contributed by atoms with van der Waals surface area (Å²) in [5.41, 5.74) is 1.86. The van der Waals surface area contributed by atoms with E-state index in [4.69, 9.17) is 11.6 Å². The second-order valence-corrected chi connectivity index (χ2v) is 6.89. The van der Waals surface area contributed by atoms with Crippen molar-refractivity contribution >= 4 is 23.3 Å². The Kier molecular flexibility index (Phi) is 6.13. The lowest BCUT2D eigenvalue weighted by molar-refractivity contribution is 0.195. The van der Waals surface area contributed by atoms with Crippen molar-refractivity contribution in [3.05, 3.63) is 77.3 Å². The first-order valence-electron chi connectivity index (χ1n) is 8.71. The molecular formula is C21H23ClN2O. The molecule has 0 fully saturated rings. The number of nitrogens with zero attached hydrogens (tertiary/aromatic N) is 1. The minimum absolute atomic E-state index is 0.0827. The molecule has 1 atom stereocenters. The van der Waals surface area contributed by atoms with E-state index in [1.165, 1.54) is 0 Å². The molecule has 2 amide bonds. The SMILES string of the molecule is O=C(Nc1cccc(Cl)c1)N(Cc1ccccc1)CC1CC=CCC1. The molecule has 4 heteroatoms. The van der Waals surface area contributed by atoms with Crippen LogP contribution in [-0.2, 0) is 6.54 Å². The molecule has 3 nitrogen and oxygen atoms in total. The van der Waals surface area contributed by atoms with Crippen LogP contribution < -0.4 is 5.32 Å². The Bertz CT molecular complexity index is 730. The van der Waals surface area contributed by atoms with Crippen LogP contribution in [0.3, 0.4) is 0 Å². The van der Waals surface area contributed by atoms with E-state index in [1.54, 1.807) is 12.1 Å². The van der Waals surface area contributed by atoms with Gasteiger partial charge in [0.05, 0.1) is 0 Å². The Balaban J connectivity index is 1.71. The monoisotopic (exact) mass is 354 g/mol. The molecule has 1 aliphatic rings. The zero-order valence-electron chi connectivity index (χ0n) is 14.2. The summed E-state index contributed by atoms with van der Waals surface area (Å²) in [6.45, 7) is 1.36. The van der Waals surface area contributed by atoms with Crippen LogP contribution in [0.5, 0.6) is 0 Å². The summed E-state index contributed by atoms with van der Waals surface area (Å²) >= 11 is 6.02. The number of anilines is 1. The molecule has 0 spiro atoms. The van der Waals surface area contributed by atoms with Crippen LogP contribution in [-0.4, -0.2) is 17.5 Å². The molecule has 25 heavy (non-hydrogen) atoms. The Morgan fingerprint density at radius 3 is 2.68 bits per heavy atom. The highest BCUT2D eigenvalue weighted by Gasteiger charge is 2.20. The van der Waals surface area contributed by atoms with Gasteiger partial charge in [0.2, 0.25) is 0 Å².